The summed E-state index contributed by atoms with van der Waals surface area (Å²) in [7, 11) is 0. The molecule has 1 nitrogen and oxygen atoms in total. The smallest absolute Gasteiger partial charge is 0.164 e. The SMILES string of the molecule is CCCCc1c(SCC)oc2c(-c3ccccc3)ccc(-c3ccccc3)c12. The van der Waals surface area contributed by atoms with Crippen molar-refractivity contribution in [2.75, 3.05) is 5.75 Å². The van der Waals surface area contributed by atoms with E-state index >= 15 is 0 Å². The molecule has 0 bridgehead atoms. The molecule has 0 amide bonds. The van der Waals surface area contributed by atoms with Crippen LogP contribution in [0.25, 0.3) is 33.2 Å². The second kappa shape index (κ2) is 8.70. The van der Waals surface area contributed by atoms with Gasteiger partial charge in [-0.15, -0.1) is 0 Å². The van der Waals surface area contributed by atoms with Crippen LogP contribution in [0.3, 0.4) is 0 Å². The van der Waals surface area contributed by atoms with Gasteiger partial charge in [-0.25, -0.2) is 0 Å². The van der Waals surface area contributed by atoms with Crippen molar-refractivity contribution >= 4 is 22.7 Å². The van der Waals surface area contributed by atoms with E-state index in [0.29, 0.717) is 0 Å². The van der Waals surface area contributed by atoms with Crippen molar-refractivity contribution in [2.45, 2.75) is 38.2 Å². The minimum atomic E-state index is 1.01. The Morgan fingerprint density at radius 2 is 1.36 bits per heavy atom. The van der Waals surface area contributed by atoms with Gasteiger partial charge in [-0.3, -0.25) is 0 Å². The summed E-state index contributed by atoms with van der Waals surface area (Å²) >= 11 is 1.82. The van der Waals surface area contributed by atoms with Crippen LogP contribution >= 0.6 is 11.8 Å². The predicted molar refractivity (Wildman–Crippen MR) is 122 cm³/mol. The molecule has 0 unspecified atom stereocenters. The lowest BCUT2D eigenvalue weighted by molar-refractivity contribution is 0.505. The van der Waals surface area contributed by atoms with Gasteiger partial charge < -0.3 is 4.42 Å². The molecule has 2 heteroatoms. The molecule has 4 aromatic rings. The van der Waals surface area contributed by atoms with Crippen molar-refractivity contribution in [3.63, 3.8) is 0 Å². The van der Waals surface area contributed by atoms with Gasteiger partial charge in [0.15, 0.2) is 5.09 Å². The molecule has 0 aliphatic rings. The maximum Gasteiger partial charge on any atom is 0.164 e. The minimum absolute atomic E-state index is 1.01. The van der Waals surface area contributed by atoms with Crippen LogP contribution in [-0.2, 0) is 6.42 Å². The normalized spacial score (nSPS) is 11.2. The van der Waals surface area contributed by atoms with Crippen LogP contribution in [0, 0.1) is 0 Å². The monoisotopic (exact) mass is 386 g/mol. The number of hydrogen-bond acceptors (Lipinski definition) is 2. The molecule has 1 heterocycles. The van der Waals surface area contributed by atoms with Crippen LogP contribution in [0.4, 0.5) is 0 Å². The van der Waals surface area contributed by atoms with Gasteiger partial charge in [0, 0.05) is 16.5 Å². The molecule has 28 heavy (non-hydrogen) atoms. The molecule has 0 saturated carbocycles. The van der Waals surface area contributed by atoms with E-state index in [0.717, 1.165) is 22.8 Å². The number of aryl methyl sites for hydroxylation is 1. The zero-order chi connectivity index (χ0) is 19.3. The maximum absolute atomic E-state index is 6.55. The fraction of sp³-hybridized carbons (Fsp3) is 0.231. The third kappa shape index (κ3) is 3.62. The number of rotatable bonds is 7. The number of benzene rings is 3. The Hall–Kier alpha value is -2.45. The number of unbranched alkanes of at least 4 members (excludes halogenated alkanes) is 1. The van der Waals surface area contributed by atoms with Crippen LogP contribution < -0.4 is 0 Å². The molecule has 0 saturated heterocycles. The summed E-state index contributed by atoms with van der Waals surface area (Å²) in [5, 5.41) is 2.38. The number of thioether (sulfide) groups is 1. The molecule has 3 aromatic carbocycles. The summed E-state index contributed by atoms with van der Waals surface area (Å²) in [4.78, 5) is 0. The van der Waals surface area contributed by atoms with E-state index in [-0.39, 0.29) is 0 Å². The topological polar surface area (TPSA) is 13.1 Å². The highest BCUT2D eigenvalue weighted by Crippen LogP contribution is 2.43. The lowest BCUT2D eigenvalue weighted by Gasteiger charge is -2.09. The summed E-state index contributed by atoms with van der Waals surface area (Å²) in [5.41, 5.74) is 7.30. The number of hydrogen-bond donors (Lipinski definition) is 0. The largest absolute Gasteiger partial charge is 0.449 e. The molecule has 142 valence electrons. The average molecular weight is 387 g/mol. The first-order chi connectivity index (χ1) is 13.8. The molecule has 0 atom stereocenters. The Labute approximate surface area is 171 Å². The number of furan rings is 1. The van der Waals surface area contributed by atoms with Gasteiger partial charge >= 0.3 is 0 Å². The third-order valence-electron chi connectivity index (χ3n) is 5.13. The van der Waals surface area contributed by atoms with Crippen molar-refractivity contribution in [3.05, 3.63) is 78.4 Å². The summed E-state index contributed by atoms with van der Waals surface area (Å²) in [5.74, 6) is 1.01. The van der Waals surface area contributed by atoms with E-state index in [2.05, 4.69) is 86.6 Å². The van der Waals surface area contributed by atoms with E-state index in [4.69, 9.17) is 4.42 Å². The highest BCUT2D eigenvalue weighted by molar-refractivity contribution is 7.99. The summed E-state index contributed by atoms with van der Waals surface area (Å²) < 4.78 is 6.55. The van der Waals surface area contributed by atoms with Crippen molar-refractivity contribution < 1.29 is 4.42 Å². The van der Waals surface area contributed by atoms with Gasteiger partial charge in [-0.2, -0.15) is 0 Å². The van der Waals surface area contributed by atoms with Gasteiger partial charge in [0.1, 0.15) is 5.58 Å². The summed E-state index contributed by atoms with van der Waals surface area (Å²) in [6.07, 6.45) is 3.42. The molecule has 0 radical (unpaired) electrons. The first-order valence-electron chi connectivity index (χ1n) is 10.2. The van der Waals surface area contributed by atoms with Crippen LogP contribution in [0.1, 0.15) is 32.3 Å². The van der Waals surface area contributed by atoms with Gasteiger partial charge in [-0.1, -0.05) is 98.8 Å². The van der Waals surface area contributed by atoms with Crippen molar-refractivity contribution in [1.29, 1.82) is 0 Å². The molecular formula is C26H26OS. The molecule has 0 aliphatic heterocycles. The first-order valence-corrected chi connectivity index (χ1v) is 11.1. The Balaban J connectivity index is 2.02. The van der Waals surface area contributed by atoms with Crippen LogP contribution in [0.15, 0.2) is 82.3 Å². The molecule has 0 fully saturated rings. The van der Waals surface area contributed by atoms with Crippen molar-refractivity contribution in [1.82, 2.24) is 0 Å². The van der Waals surface area contributed by atoms with Crippen molar-refractivity contribution in [2.24, 2.45) is 0 Å². The van der Waals surface area contributed by atoms with Crippen LogP contribution in [0.2, 0.25) is 0 Å². The van der Waals surface area contributed by atoms with E-state index in [1.54, 1.807) is 0 Å². The van der Waals surface area contributed by atoms with Gasteiger partial charge in [0.2, 0.25) is 0 Å². The second-order valence-electron chi connectivity index (χ2n) is 7.00. The molecule has 4 rings (SSSR count). The Bertz CT molecular complexity index is 1050. The predicted octanol–water partition coefficient (Wildman–Crippen LogP) is 8.22. The van der Waals surface area contributed by atoms with Crippen molar-refractivity contribution in [3.8, 4) is 22.3 Å². The van der Waals surface area contributed by atoms with Gasteiger partial charge in [0.25, 0.3) is 0 Å². The second-order valence-corrected chi connectivity index (χ2v) is 8.24. The molecular weight excluding hydrogens is 360 g/mol. The maximum atomic E-state index is 6.55. The first kappa shape index (κ1) is 18.9. The number of fused-ring (bicyclic) bond motifs is 1. The third-order valence-corrected chi connectivity index (χ3v) is 6.01. The van der Waals surface area contributed by atoms with E-state index in [9.17, 15) is 0 Å². The Morgan fingerprint density at radius 1 is 0.750 bits per heavy atom. The highest BCUT2D eigenvalue weighted by Gasteiger charge is 2.21. The Kier molecular flexibility index (Phi) is 5.87. The lowest BCUT2D eigenvalue weighted by atomic mass is 9.93. The summed E-state index contributed by atoms with van der Waals surface area (Å²) in [6.45, 7) is 4.44. The lowest BCUT2D eigenvalue weighted by Crippen LogP contribution is -1.89. The minimum Gasteiger partial charge on any atom is -0.449 e. The fourth-order valence-corrected chi connectivity index (χ4v) is 4.56. The molecule has 0 aliphatic carbocycles. The zero-order valence-corrected chi connectivity index (χ0v) is 17.4. The molecule has 1 aromatic heterocycles. The molecule has 0 N–H and O–H groups in total. The van der Waals surface area contributed by atoms with Gasteiger partial charge in [-0.05, 0) is 41.4 Å². The standard InChI is InChI=1S/C26H26OS/c1-3-5-16-23-24-21(19-12-8-6-9-13-19)17-18-22(20-14-10-7-11-15-20)25(24)27-26(23)28-4-2/h6-15,17-18H,3-5,16H2,1-2H3. The van der Waals surface area contributed by atoms with E-state index in [1.165, 1.54) is 46.0 Å². The van der Waals surface area contributed by atoms with E-state index < -0.39 is 0 Å². The fourth-order valence-electron chi connectivity index (χ4n) is 3.78. The van der Waals surface area contributed by atoms with E-state index in [1.807, 2.05) is 11.8 Å². The van der Waals surface area contributed by atoms with Crippen LogP contribution in [0.5, 0.6) is 0 Å². The quantitative estimate of drug-likeness (QED) is 0.297. The van der Waals surface area contributed by atoms with Crippen LogP contribution in [-0.4, -0.2) is 5.75 Å². The van der Waals surface area contributed by atoms with Gasteiger partial charge in [0.05, 0.1) is 0 Å². The Morgan fingerprint density at radius 3 is 1.96 bits per heavy atom. The molecule has 0 spiro atoms. The average Bonchev–Trinajstić information content (AvgIpc) is 3.11. The zero-order valence-electron chi connectivity index (χ0n) is 16.6. The summed E-state index contributed by atoms with van der Waals surface area (Å²) in [6, 6.07) is 25.7. The highest BCUT2D eigenvalue weighted by atomic mass is 32.2.